The van der Waals surface area contributed by atoms with Crippen molar-refractivity contribution in [2.24, 2.45) is 0 Å². The van der Waals surface area contributed by atoms with Gasteiger partial charge in [0.15, 0.2) is 5.78 Å². The summed E-state index contributed by atoms with van der Waals surface area (Å²) in [5.41, 5.74) is 2.40. The van der Waals surface area contributed by atoms with Gasteiger partial charge in [-0.1, -0.05) is 0 Å². The van der Waals surface area contributed by atoms with Gasteiger partial charge in [0, 0.05) is 30.1 Å². The number of aryl methyl sites for hydroxylation is 1. The molecule has 3 rings (SSSR count). The van der Waals surface area contributed by atoms with Crippen LogP contribution in [0.3, 0.4) is 0 Å². The molecule has 1 N–H and O–H groups in total. The van der Waals surface area contributed by atoms with Crippen LogP contribution in [0, 0.1) is 6.92 Å². The molecule has 0 saturated carbocycles. The number of amides is 1. The van der Waals surface area contributed by atoms with E-state index in [0.29, 0.717) is 41.3 Å². The molecule has 0 aliphatic carbocycles. The maximum Gasteiger partial charge on any atom is 0.311 e. The normalized spacial score (nSPS) is 10.3. The van der Waals surface area contributed by atoms with Gasteiger partial charge in [-0.05, 0) is 80.4 Å². The molecule has 0 aliphatic rings. The molecular weight excluding hydrogens is 408 g/mol. The lowest BCUT2D eigenvalue weighted by atomic mass is 10.1. The Morgan fingerprint density at radius 1 is 1.00 bits per heavy atom. The fourth-order valence-electron chi connectivity index (χ4n) is 2.91. The van der Waals surface area contributed by atoms with Gasteiger partial charge in [-0.25, -0.2) is 0 Å². The molecule has 0 spiro atoms. The lowest BCUT2D eigenvalue weighted by Gasteiger charge is -2.11. The minimum atomic E-state index is -0.365. The first kappa shape index (κ1) is 22.7. The number of nitrogens with one attached hydrogen (secondary N) is 1. The van der Waals surface area contributed by atoms with Crippen molar-refractivity contribution >= 4 is 23.3 Å². The molecule has 3 aromatic rings. The van der Waals surface area contributed by atoms with Crippen LogP contribution < -0.4 is 14.8 Å². The number of ketones is 1. The van der Waals surface area contributed by atoms with Crippen molar-refractivity contribution in [1.29, 1.82) is 0 Å². The third-order valence-corrected chi connectivity index (χ3v) is 4.64. The zero-order valence-corrected chi connectivity index (χ0v) is 18.0. The molecule has 2 aromatic carbocycles. The number of carbonyl (C=O) groups excluding carboxylic acids is 3. The van der Waals surface area contributed by atoms with E-state index >= 15 is 0 Å². The van der Waals surface area contributed by atoms with E-state index in [4.69, 9.17) is 9.47 Å². The number of benzene rings is 2. The van der Waals surface area contributed by atoms with E-state index in [1.54, 1.807) is 67.7 Å². The molecule has 7 nitrogen and oxygen atoms in total. The number of pyridine rings is 1. The molecule has 7 heteroatoms. The van der Waals surface area contributed by atoms with Crippen LogP contribution in [0.25, 0.3) is 0 Å². The van der Waals surface area contributed by atoms with Gasteiger partial charge in [0.2, 0.25) is 0 Å². The minimum Gasteiger partial charge on any atom is -0.494 e. The Kier molecular flexibility index (Phi) is 7.70. The molecular formula is C25H24N2O5. The maximum atomic E-state index is 12.2. The molecule has 0 radical (unpaired) electrons. The SMILES string of the molecule is CC(=O)c1ccc(OCCCC(=O)Oc2ccc(NC(=O)c3cccnc3)cc2C)cc1. The summed E-state index contributed by atoms with van der Waals surface area (Å²) in [6.07, 6.45) is 3.78. The van der Waals surface area contributed by atoms with Crippen molar-refractivity contribution in [3.63, 3.8) is 0 Å². The third kappa shape index (κ3) is 6.50. The fourth-order valence-corrected chi connectivity index (χ4v) is 2.91. The number of anilines is 1. The first-order chi connectivity index (χ1) is 15.4. The van der Waals surface area contributed by atoms with E-state index in [9.17, 15) is 14.4 Å². The van der Waals surface area contributed by atoms with Gasteiger partial charge in [-0.15, -0.1) is 0 Å². The van der Waals surface area contributed by atoms with Crippen molar-refractivity contribution in [2.45, 2.75) is 26.7 Å². The quantitative estimate of drug-likeness (QED) is 0.230. The topological polar surface area (TPSA) is 94.6 Å². The summed E-state index contributed by atoms with van der Waals surface area (Å²) < 4.78 is 11.0. The number of rotatable bonds is 9. The molecule has 0 unspecified atom stereocenters. The van der Waals surface area contributed by atoms with Crippen LogP contribution in [-0.4, -0.2) is 29.3 Å². The molecule has 1 heterocycles. The van der Waals surface area contributed by atoms with Crippen LogP contribution in [-0.2, 0) is 4.79 Å². The molecule has 32 heavy (non-hydrogen) atoms. The van der Waals surface area contributed by atoms with Crippen molar-refractivity contribution < 1.29 is 23.9 Å². The summed E-state index contributed by atoms with van der Waals surface area (Å²) in [5.74, 6) is 0.450. The lowest BCUT2D eigenvalue weighted by Crippen LogP contribution is -2.13. The third-order valence-electron chi connectivity index (χ3n) is 4.64. The molecule has 1 aromatic heterocycles. The second-order valence-corrected chi connectivity index (χ2v) is 7.18. The van der Waals surface area contributed by atoms with Crippen LogP contribution >= 0.6 is 0 Å². The van der Waals surface area contributed by atoms with Gasteiger partial charge in [0.05, 0.1) is 12.2 Å². The second kappa shape index (κ2) is 10.9. The average Bonchev–Trinajstić information content (AvgIpc) is 2.79. The Hall–Kier alpha value is -4.00. The standard InChI is InChI=1S/C25H24N2O5/c1-17-15-21(27-25(30)20-5-3-13-26-16-20)9-12-23(17)32-24(29)6-4-14-31-22-10-7-19(8-11-22)18(2)28/h3,5,7-13,15-16H,4,6,14H2,1-2H3,(H,27,30). The molecule has 0 aliphatic heterocycles. The average molecular weight is 432 g/mol. The van der Waals surface area contributed by atoms with Gasteiger partial charge in [-0.3, -0.25) is 19.4 Å². The Morgan fingerprint density at radius 2 is 1.78 bits per heavy atom. The van der Waals surface area contributed by atoms with Gasteiger partial charge < -0.3 is 14.8 Å². The molecule has 0 bridgehead atoms. The summed E-state index contributed by atoms with van der Waals surface area (Å²) in [6.45, 7) is 3.66. The van der Waals surface area contributed by atoms with Crippen LogP contribution in [0.15, 0.2) is 67.0 Å². The number of hydrogen-bond donors (Lipinski definition) is 1. The Balaban J connectivity index is 1.44. The van der Waals surface area contributed by atoms with E-state index in [1.165, 1.54) is 13.1 Å². The summed E-state index contributed by atoms with van der Waals surface area (Å²) in [6, 6.07) is 15.3. The summed E-state index contributed by atoms with van der Waals surface area (Å²) in [7, 11) is 0. The first-order valence-corrected chi connectivity index (χ1v) is 10.2. The number of esters is 1. The highest BCUT2D eigenvalue weighted by atomic mass is 16.5. The van der Waals surface area contributed by atoms with E-state index < -0.39 is 0 Å². The molecule has 0 fully saturated rings. The number of carbonyl (C=O) groups is 3. The van der Waals surface area contributed by atoms with Gasteiger partial charge in [-0.2, -0.15) is 0 Å². The van der Waals surface area contributed by atoms with Crippen molar-refractivity contribution in [1.82, 2.24) is 4.98 Å². The number of ether oxygens (including phenoxy) is 2. The molecule has 1 amide bonds. The van der Waals surface area contributed by atoms with Crippen molar-refractivity contribution in [3.8, 4) is 11.5 Å². The van der Waals surface area contributed by atoms with Crippen LogP contribution in [0.2, 0.25) is 0 Å². The fraction of sp³-hybridized carbons (Fsp3) is 0.200. The van der Waals surface area contributed by atoms with Crippen molar-refractivity contribution in [3.05, 3.63) is 83.7 Å². The summed E-state index contributed by atoms with van der Waals surface area (Å²) >= 11 is 0. The monoisotopic (exact) mass is 432 g/mol. The Bertz CT molecular complexity index is 1100. The predicted molar refractivity (Wildman–Crippen MR) is 120 cm³/mol. The second-order valence-electron chi connectivity index (χ2n) is 7.18. The summed E-state index contributed by atoms with van der Waals surface area (Å²) in [4.78, 5) is 39.6. The highest BCUT2D eigenvalue weighted by Crippen LogP contribution is 2.23. The predicted octanol–water partition coefficient (Wildman–Crippen LogP) is 4.61. The number of hydrogen-bond acceptors (Lipinski definition) is 6. The van der Waals surface area contributed by atoms with E-state index in [2.05, 4.69) is 10.3 Å². The van der Waals surface area contributed by atoms with E-state index in [0.717, 1.165) is 5.56 Å². The molecule has 164 valence electrons. The highest BCUT2D eigenvalue weighted by Gasteiger charge is 2.10. The molecule has 0 atom stereocenters. The minimum absolute atomic E-state index is 0.00139. The zero-order valence-electron chi connectivity index (χ0n) is 18.0. The van der Waals surface area contributed by atoms with Crippen LogP contribution in [0.5, 0.6) is 11.5 Å². The van der Waals surface area contributed by atoms with Crippen LogP contribution in [0.4, 0.5) is 5.69 Å². The van der Waals surface area contributed by atoms with Crippen LogP contribution in [0.1, 0.15) is 46.0 Å². The highest BCUT2D eigenvalue weighted by molar-refractivity contribution is 6.04. The number of Topliss-reactive ketones (excluding diaryl/α,β-unsaturated/α-hetero) is 1. The van der Waals surface area contributed by atoms with Gasteiger partial charge >= 0.3 is 5.97 Å². The number of nitrogens with zero attached hydrogens (tertiary/aromatic N) is 1. The number of aromatic nitrogens is 1. The zero-order chi connectivity index (χ0) is 22.9. The lowest BCUT2D eigenvalue weighted by molar-refractivity contribution is -0.134. The van der Waals surface area contributed by atoms with Crippen molar-refractivity contribution in [2.75, 3.05) is 11.9 Å². The largest absolute Gasteiger partial charge is 0.494 e. The summed E-state index contributed by atoms with van der Waals surface area (Å²) in [5, 5.41) is 2.79. The molecule has 0 saturated heterocycles. The van der Waals surface area contributed by atoms with Gasteiger partial charge in [0.1, 0.15) is 11.5 Å². The Morgan fingerprint density at radius 3 is 2.44 bits per heavy atom. The van der Waals surface area contributed by atoms with Gasteiger partial charge in [0.25, 0.3) is 5.91 Å². The Labute approximate surface area is 186 Å². The smallest absolute Gasteiger partial charge is 0.311 e. The first-order valence-electron chi connectivity index (χ1n) is 10.2. The van der Waals surface area contributed by atoms with E-state index in [1.807, 2.05) is 0 Å². The maximum absolute atomic E-state index is 12.2. The van der Waals surface area contributed by atoms with E-state index in [-0.39, 0.29) is 24.1 Å².